The number of hydrogen-bond acceptors (Lipinski definition) is 10. The lowest BCUT2D eigenvalue weighted by molar-refractivity contribution is -0.385. The molecule has 216 valence electrons. The van der Waals surface area contributed by atoms with Crippen molar-refractivity contribution in [3.8, 4) is 0 Å². The predicted octanol–water partition coefficient (Wildman–Crippen LogP) is 3.75. The third-order valence-electron chi connectivity index (χ3n) is 6.70. The van der Waals surface area contributed by atoms with E-state index in [1.54, 1.807) is 42.5 Å². The molecule has 2 atom stereocenters. The van der Waals surface area contributed by atoms with E-state index in [-0.39, 0.29) is 43.1 Å². The Labute approximate surface area is 239 Å². The Balaban J connectivity index is 1.28. The van der Waals surface area contributed by atoms with Gasteiger partial charge in [0.05, 0.1) is 29.8 Å². The quantitative estimate of drug-likeness (QED) is 0.137. The van der Waals surface area contributed by atoms with Crippen molar-refractivity contribution in [2.24, 2.45) is 0 Å². The second kappa shape index (κ2) is 13.1. The third kappa shape index (κ3) is 6.79. The van der Waals surface area contributed by atoms with E-state index >= 15 is 0 Å². The van der Waals surface area contributed by atoms with Gasteiger partial charge in [-0.15, -0.1) is 0 Å². The van der Waals surface area contributed by atoms with E-state index in [4.69, 9.17) is 13.9 Å². The number of aliphatic hydroxyl groups excluding tert-OH is 1. The molecule has 0 fully saturated rings. The summed E-state index contributed by atoms with van der Waals surface area (Å²) in [6, 6.07) is 17.0. The molecule has 2 aromatic carbocycles. The lowest BCUT2D eigenvalue weighted by Crippen LogP contribution is -2.35. The number of anilines is 1. The van der Waals surface area contributed by atoms with E-state index in [2.05, 4.69) is 15.6 Å². The number of amides is 1. The van der Waals surface area contributed by atoms with Gasteiger partial charge >= 0.3 is 0 Å². The fraction of sp³-hybridized carbons (Fsp3) is 0.233. The number of hydrogen-bond donors (Lipinski definition) is 3. The molecular formula is C30H28N4O8. The van der Waals surface area contributed by atoms with Crippen molar-refractivity contribution in [3.63, 3.8) is 0 Å². The molecule has 0 bridgehead atoms. The molecule has 5 rings (SSSR count). The van der Waals surface area contributed by atoms with Crippen LogP contribution in [0.5, 0.6) is 0 Å². The maximum absolute atomic E-state index is 13.3. The third-order valence-corrected chi connectivity index (χ3v) is 6.70. The van der Waals surface area contributed by atoms with E-state index in [0.29, 0.717) is 28.9 Å². The van der Waals surface area contributed by atoms with Crippen LogP contribution in [0.1, 0.15) is 29.0 Å². The van der Waals surface area contributed by atoms with Gasteiger partial charge in [-0.2, -0.15) is 0 Å². The van der Waals surface area contributed by atoms with E-state index in [9.17, 15) is 24.8 Å². The van der Waals surface area contributed by atoms with Crippen molar-refractivity contribution in [2.75, 3.05) is 18.4 Å². The van der Waals surface area contributed by atoms with Crippen molar-refractivity contribution in [1.82, 2.24) is 10.3 Å². The number of rotatable bonds is 11. The molecule has 0 radical (unpaired) electrons. The van der Waals surface area contributed by atoms with Crippen LogP contribution >= 0.6 is 0 Å². The van der Waals surface area contributed by atoms with E-state index in [1.807, 2.05) is 12.1 Å². The number of para-hydroxylation sites is 1. The van der Waals surface area contributed by atoms with Gasteiger partial charge in [-0.1, -0.05) is 36.4 Å². The number of allylic oxidation sites excluding steroid dienone is 1. The summed E-state index contributed by atoms with van der Waals surface area (Å²) in [6.07, 6.45) is 3.61. The molecule has 12 nitrogen and oxygen atoms in total. The molecule has 0 saturated carbocycles. The molecular weight excluding hydrogens is 544 g/mol. The van der Waals surface area contributed by atoms with Crippen LogP contribution < -0.4 is 16.1 Å². The zero-order valence-corrected chi connectivity index (χ0v) is 22.4. The largest absolute Gasteiger partial charge is 0.464 e. The Morgan fingerprint density at radius 2 is 1.88 bits per heavy atom. The standard InChI is InChI=1S/C30H28N4O8/c35-16-19-5-7-20(8-6-19)17-41-28-14-21(24-18-40-25-4-2-1-3-23(25)29(24)36)13-26(42-28)30(37)32-12-11-31-27-10-9-22(15-33-27)34(38)39/h1-10,13,15,18,21,28,35H,11-12,14,16-17H2,(H,31,33)(H,32,37). The van der Waals surface area contributed by atoms with Crippen LogP contribution in [0.15, 0.2) is 94.2 Å². The zero-order valence-electron chi connectivity index (χ0n) is 22.4. The van der Waals surface area contributed by atoms with Crippen LogP contribution in [0.3, 0.4) is 0 Å². The molecule has 3 N–H and O–H groups in total. The lowest BCUT2D eigenvalue weighted by Gasteiger charge is -2.29. The van der Waals surface area contributed by atoms with E-state index < -0.39 is 23.0 Å². The van der Waals surface area contributed by atoms with Crippen LogP contribution in [0, 0.1) is 10.1 Å². The summed E-state index contributed by atoms with van der Waals surface area (Å²) >= 11 is 0. The Morgan fingerprint density at radius 3 is 2.62 bits per heavy atom. The summed E-state index contributed by atoms with van der Waals surface area (Å²) in [5.74, 6) is -0.576. The van der Waals surface area contributed by atoms with Gasteiger partial charge < -0.3 is 29.6 Å². The summed E-state index contributed by atoms with van der Waals surface area (Å²) in [5, 5.41) is 26.2. The molecule has 1 aliphatic rings. The second-order valence-electron chi connectivity index (χ2n) is 9.56. The SMILES string of the molecule is O=C(NCCNc1ccc([N+](=O)[O-])cn1)C1=CC(c2coc3ccccc3c2=O)CC(OCc2ccc(CO)cc2)O1. The highest BCUT2D eigenvalue weighted by Crippen LogP contribution is 2.31. The Bertz CT molecular complexity index is 1650. The van der Waals surface area contributed by atoms with Crippen LogP contribution in [-0.2, 0) is 27.5 Å². The molecule has 4 aromatic rings. The fourth-order valence-electron chi connectivity index (χ4n) is 4.47. The van der Waals surface area contributed by atoms with Crippen molar-refractivity contribution in [1.29, 1.82) is 0 Å². The Kier molecular flexibility index (Phi) is 8.85. The van der Waals surface area contributed by atoms with Crippen LogP contribution in [0.4, 0.5) is 11.5 Å². The number of carbonyl (C=O) groups excluding carboxylic acids is 1. The first kappa shape index (κ1) is 28.5. The molecule has 12 heteroatoms. The molecule has 42 heavy (non-hydrogen) atoms. The van der Waals surface area contributed by atoms with Gasteiger partial charge in [-0.25, -0.2) is 4.98 Å². The van der Waals surface area contributed by atoms with Gasteiger partial charge in [0, 0.05) is 37.1 Å². The molecule has 2 aromatic heterocycles. The van der Waals surface area contributed by atoms with Gasteiger partial charge in [0.1, 0.15) is 17.6 Å². The van der Waals surface area contributed by atoms with Crippen molar-refractivity contribution < 1.29 is 28.7 Å². The van der Waals surface area contributed by atoms with Gasteiger partial charge in [0.2, 0.25) is 6.29 Å². The number of nitrogens with one attached hydrogen (secondary N) is 2. The van der Waals surface area contributed by atoms with Crippen LogP contribution in [0.25, 0.3) is 11.0 Å². The van der Waals surface area contributed by atoms with Crippen molar-refractivity contribution >= 4 is 28.4 Å². The maximum Gasteiger partial charge on any atom is 0.287 e. The van der Waals surface area contributed by atoms with E-state index in [1.165, 1.54) is 18.4 Å². The summed E-state index contributed by atoms with van der Waals surface area (Å²) in [7, 11) is 0. The highest BCUT2D eigenvalue weighted by molar-refractivity contribution is 5.91. The number of nitro groups is 1. The highest BCUT2D eigenvalue weighted by atomic mass is 16.7. The number of aliphatic hydroxyl groups is 1. The number of aromatic nitrogens is 1. The number of benzene rings is 2. The minimum atomic E-state index is -0.827. The minimum absolute atomic E-state index is 0.00731. The topological polar surface area (TPSA) is 166 Å². The summed E-state index contributed by atoms with van der Waals surface area (Å²) in [4.78, 5) is 40.6. The Morgan fingerprint density at radius 1 is 1.10 bits per heavy atom. The van der Waals surface area contributed by atoms with Gasteiger partial charge in [0.25, 0.3) is 11.6 Å². The first-order valence-electron chi connectivity index (χ1n) is 13.2. The molecule has 0 aliphatic carbocycles. The van der Waals surface area contributed by atoms with Crippen LogP contribution in [-0.4, -0.2) is 40.3 Å². The fourth-order valence-corrected chi connectivity index (χ4v) is 4.47. The summed E-state index contributed by atoms with van der Waals surface area (Å²) < 4.78 is 17.6. The first-order chi connectivity index (χ1) is 20.4. The van der Waals surface area contributed by atoms with Crippen molar-refractivity contribution in [3.05, 3.63) is 122 Å². The normalized spacial score (nSPS) is 16.4. The number of nitrogens with zero attached hydrogens (tertiary/aromatic N) is 2. The average Bonchev–Trinajstić information content (AvgIpc) is 3.02. The summed E-state index contributed by atoms with van der Waals surface area (Å²) in [5.41, 5.74) is 2.16. The maximum atomic E-state index is 13.3. The predicted molar refractivity (Wildman–Crippen MR) is 152 cm³/mol. The zero-order chi connectivity index (χ0) is 29.5. The smallest absolute Gasteiger partial charge is 0.287 e. The van der Waals surface area contributed by atoms with Gasteiger partial charge in [-0.05, 0) is 35.4 Å². The molecule has 2 unspecified atom stereocenters. The number of fused-ring (bicyclic) bond motifs is 1. The first-order valence-corrected chi connectivity index (χ1v) is 13.2. The second-order valence-corrected chi connectivity index (χ2v) is 9.56. The van der Waals surface area contributed by atoms with E-state index in [0.717, 1.165) is 17.3 Å². The lowest BCUT2D eigenvalue weighted by atomic mass is 9.93. The molecule has 1 aliphatic heterocycles. The number of ether oxygens (including phenoxy) is 2. The molecule has 0 spiro atoms. The number of pyridine rings is 1. The Hall–Kier alpha value is -5.07. The average molecular weight is 573 g/mol. The highest BCUT2D eigenvalue weighted by Gasteiger charge is 2.30. The van der Waals surface area contributed by atoms with Crippen LogP contribution in [0.2, 0.25) is 0 Å². The van der Waals surface area contributed by atoms with Gasteiger partial charge in [-0.3, -0.25) is 19.7 Å². The minimum Gasteiger partial charge on any atom is -0.464 e. The van der Waals surface area contributed by atoms with Gasteiger partial charge in [0.15, 0.2) is 11.2 Å². The molecule has 3 heterocycles. The van der Waals surface area contributed by atoms with Crippen molar-refractivity contribution in [2.45, 2.75) is 31.8 Å². The monoisotopic (exact) mass is 572 g/mol. The summed E-state index contributed by atoms with van der Waals surface area (Å²) in [6.45, 7) is 0.623. The number of carbonyl (C=O) groups is 1. The molecule has 0 saturated heterocycles. The molecule has 1 amide bonds.